The highest BCUT2D eigenvalue weighted by molar-refractivity contribution is 7.89. The molecule has 1 saturated heterocycles. The van der Waals surface area contributed by atoms with Gasteiger partial charge in [0.2, 0.25) is 10.0 Å². The number of nitrogens with zero attached hydrogens (tertiary/aromatic N) is 1. The molecule has 1 fully saturated rings. The van der Waals surface area contributed by atoms with E-state index < -0.39 is 20.8 Å². The van der Waals surface area contributed by atoms with Gasteiger partial charge in [-0.1, -0.05) is 23.8 Å². The summed E-state index contributed by atoms with van der Waals surface area (Å²) in [6.45, 7) is 0.507. The van der Waals surface area contributed by atoms with Gasteiger partial charge in [-0.2, -0.15) is 4.31 Å². The molecule has 9 heteroatoms. The molecule has 1 aromatic carbocycles. The molecule has 1 aliphatic rings. The molecule has 1 heterocycles. The molecular formula is C11H13ClN2O3S3. The highest BCUT2D eigenvalue weighted by Gasteiger charge is 2.28. The smallest absolute Gasteiger partial charge is 0.243 e. The van der Waals surface area contributed by atoms with E-state index in [4.69, 9.17) is 29.6 Å². The summed E-state index contributed by atoms with van der Waals surface area (Å²) in [6, 6.07) is 4.28. The lowest BCUT2D eigenvalue weighted by molar-refractivity contribution is 0.438. The van der Waals surface area contributed by atoms with E-state index in [0.29, 0.717) is 17.1 Å². The van der Waals surface area contributed by atoms with E-state index in [1.54, 1.807) is 0 Å². The molecule has 0 radical (unpaired) electrons. The van der Waals surface area contributed by atoms with Crippen LogP contribution in [0.4, 0.5) is 0 Å². The number of nitrogens with two attached hydrogens (primary N) is 1. The third-order valence-corrected chi connectivity index (χ3v) is 6.68. The lowest BCUT2D eigenvalue weighted by Crippen LogP contribution is -2.41. The molecule has 20 heavy (non-hydrogen) atoms. The van der Waals surface area contributed by atoms with E-state index in [-0.39, 0.29) is 28.0 Å². The molecule has 2 rings (SSSR count). The van der Waals surface area contributed by atoms with Crippen LogP contribution >= 0.6 is 23.8 Å². The number of sulfonamides is 1. The molecule has 0 aliphatic carbocycles. The molecule has 2 N–H and O–H groups in total. The van der Waals surface area contributed by atoms with Gasteiger partial charge in [-0.3, -0.25) is 4.21 Å². The van der Waals surface area contributed by atoms with Gasteiger partial charge in [0.25, 0.3) is 0 Å². The topological polar surface area (TPSA) is 80.5 Å². The third kappa shape index (κ3) is 3.20. The molecule has 1 aliphatic heterocycles. The van der Waals surface area contributed by atoms with Crippen LogP contribution in [0.15, 0.2) is 23.1 Å². The average Bonchev–Trinajstić information content (AvgIpc) is 2.38. The Labute approximate surface area is 130 Å². The second-order valence-corrected chi connectivity index (χ2v) is 8.74. The van der Waals surface area contributed by atoms with Crippen LogP contribution in [0.5, 0.6) is 0 Å². The van der Waals surface area contributed by atoms with Crippen molar-refractivity contribution < 1.29 is 12.6 Å². The van der Waals surface area contributed by atoms with E-state index in [9.17, 15) is 12.6 Å². The van der Waals surface area contributed by atoms with E-state index >= 15 is 0 Å². The third-order valence-electron chi connectivity index (χ3n) is 2.98. The standard InChI is InChI=1S/C11H13ClN2O3S3/c12-10-7-8(1-2-9(10)11(13)18)20(16,17)14-3-5-19(15)6-4-14/h1-2,7H,3-6H2,(H2,13,18). The molecule has 0 aromatic heterocycles. The van der Waals surface area contributed by atoms with E-state index in [2.05, 4.69) is 0 Å². The summed E-state index contributed by atoms with van der Waals surface area (Å²) in [4.78, 5) is 0.211. The SMILES string of the molecule is NC(=S)c1ccc(S(=O)(=O)N2CCS(=O)CC2)cc1Cl. The van der Waals surface area contributed by atoms with Crippen LogP contribution in [-0.2, 0) is 20.8 Å². The fourth-order valence-electron chi connectivity index (χ4n) is 1.87. The summed E-state index contributed by atoms with van der Waals surface area (Å²) < 4.78 is 37.5. The van der Waals surface area contributed by atoms with Crippen LogP contribution in [0.1, 0.15) is 5.56 Å². The van der Waals surface area contributed by atoms with Gasteiger partial charge in [0.15, 0.2) is 0 Å². The summed E-state index contributed by atoms with van der Waals surface area (Å²) in [5.74, 6) is 0.718. The maximum Gasteiger partial charge on any atom is 0.243 e. The predicted molar refractivity (Wildman–Crippen MR) is 84.0 cm³/mol. The van der Waals surface area contributed by atoms with Gasteiger partial charge in [-0.25, -0.2) is 8.42 Å². The average molecular weight is 353 g/mol. The van der Waals surface area contributed by atoms with Gasteiger partial charge >= 0.3 is 0 Å². The van der Waals surface area contributed by atoms with Crippen molar-refractivity contribution in [2.45, 2.75) is 4.90 Å². The predicted octanol–water partition coefficient (Wildman–Crippen LogP) is 0.727. The number of hydrogen-bond donors (Lipinski definition) is 1. The summed E-state index contributed by atoms with van der Waals surface area (Å²) in [5.41, 5.74) is 5.93. The van der Waals surface area contributed by atoms with Crippen LogP contribution in [0.25, 0.3) is 0 Å². The molecule has 110 valence electrons. The zero-order chi connectivity index (χ0) is 14.9. The maximum absolute atomic E-state index is 12.4. The molecular weight excluding hydrogens is 340 g/mol. The van der Waals surface area contributed by atoms with Crippen molar-refractivity contribution in [1.29, 1.82) is 0 Å². The van der Waals surface area contributed by atoms with E-state index in [1.807, 2.05) is 0 Å². The summed E-state index contributed by atoms with van der Waals surface area (Å²) in [5, 5.41) is 0.208. The lowest BCUT2D eigenvalue weighted by Gasteiger charge is -2.25. The summed E-state index contributed by atoms with van der Waals surface area (Å²) in [7, 11) is -4.55. The highest BCUT2D eigenvalue weighted by Crippen LogP contribution is 2.24. The van der Waals surface area contributed by atoms with Crippen LogP contribution in [0.2, 0.25) is 5.02 Å². The van der Waals surface area contributed by atoms with Crippen molar-refractivity contribution in [1.82, 2.24) is 4.31 Å². The van der Waals surface area contributed by atoms with Gasteiger partial charge in [0.1, 0.15) is 4.99 Å². The Morgan fingerprint density at radius 1 is 1.35 bits per heavy atom. The minimum atomic E-state index is -3.62. The Bertz CT molecular complexity index is 665. The van der Waals surface area contributed by atoms with Crippen molar-refractivity contribution >= 4 is 49.6 Å². The van der Waals surface area contributed by atoms with Gasteiger partial charge in [0, 0.05) is 41.0 Å². The number of rotatable bonds is 3. The Hall–Kier alpha value is -0.540. The molecule has 5 nitrogen and oxygen atoms in total. The van der Waals surface area contributed by atoms with Gasteiger partial charge < -0.3 is 5.73 Å². The molecule has 0 unspecified atom stereocenters. The normalized spacial score (nSPS) is 18.1. The second kappa shape index (κ2) is 6.07. The van der Waals surface area contributed by atoms with E-state index in [0.717, 1.165) is 0 Å². The Morgan fingerprint density at radius 2 is 1.95 bits per heavy atom. The largest absolute Gasteiger partial charge is 0.389 e. The first-order chi connectivity index (χ1) is 9.32. The van der Waals surface area contributed by atoms with Crippen molar-refractivity contribution in [3.63, 3.8) is 0 Å². The molecule has 0 amide bonds. The lowest BCUT2D eigenvalue weighted by atomic mass is 10.2. The first-order valence-corrected chi connectivity index (χ1v) is 9.48. The molecule has 0 saturated carbocycles. The quantitative estimate of drug-likeness (QED) is 0.811. The zero-order valence-corrected chi connectivity index (χ0v) is 13.6. The molecule has 1 aromatic rings. The highest BCUT2D eigenvalue weighted by atomic mass is 35.5. The van der Waals surface area contributed by atoms with Crippen LogP contribution < -0.4 is 5.73 Å². The van der Waals surface area contributed by atoms with Crippen molar-refractivity contribution in [2.24, 2.45) is 5.73 Å². The second-order valence-electron chi connectivity index (χ2n) is 4.26. The minimum absolute atomic E-state index is 0.0928. The van der Waals surface area contributed by atoms with Gasteiger partial charge in [-0.15, -0.1) is 0 Å². The van der Waals surface area contributed by atoms with Crippen molar-refractivity contribution in [3.05, 3.63) is 28.8 Å². The van der Waals surface area contributed by atoms with Crippen LogP contribution in [-0.4, -0.2) is 46.5 Å². The summed E-state index contributed by atoms with van der Waals surface area (Å²) in [6.07, 6.45) is 0. The summed E-state index contributed by atoms with van der Waals surface area (Å²) >= 11 is 10.8. The van der Waals surface area contributed by atoms with Crippen LogP contribution in [0, 0.1) is 0 Å². The Balaban J connectivity index is 2.33. The number of halogens is 1. The van der Waals surface area contributed by atoms with Crippen molar-refractivity contribution in [2.75, 3.05) is 24.6 Å². The van der Waals surface area contributed by atoms with Crippen LogP contribution in [0.3, 0.4) is 0 Å². The molecule has 0 bridgehead atoms. The minimum Gasteiger partial charge on any atom is -0.389 e. The van der Waals surface area contributed by atoms with Gasteiger partial charge in [-0.05, 0) is 18.2 Å². The molecule has 0 atom stereocenters. The monoisotopic (exact) mass is 352 g/mol. The molecule has 0 spiro atoms. The Kier molecular flexibility index (Phi) is 4.80. The van der Waals surface area contributed by atoms with E-state index in [1.165, 1.54) is 22.5 Å². The number of hydrogen-bond acceptors (Lipinski definition) is 4. The van der Waals surface area contributed by atoms with Crippen molar-refractivity contribution in [3.8, 4) is 0 Å². The maximum atomic E-state index is 12.4. The zero-order valence-electron chi connectivity index (χ0n) is 10.4. The number of benzene rings is 1. The number of thiocarbonyl (C=S) groups is 1. The van der Waals surface area contributed by atoms with Gasteiger partial charge in [0.05, 0.1) is 9.92 Å². The Morgan fingerprint density at radius 3 is 2.45 bits per heavy atom. The fourth-order valence-corrected chi connectivity index (χ4v) is 5.20. The first-order valence-electron chi connectivity index (χ1n) is 5.77. The first kappa shape index (κ1) is 15.8. The fraction of sp³-hybridized carbons (Fsp3) is 0.364.